The summed E-state index contributed by atoms with van der Waals surface area (Å²) in [4.78, 5) is 25.2. The molecule has 1 aliphatic heterocycles. The smallest absolute Gasteiger partial charge is 0.469 e. The van der Waals surface area contributed by atoms with E-state index in [0.717, 1.165) is 12.1 Å². The fourth-order valence-corrected chi connectivity index (χ4v) is 2.46. The molecule has 1 heterocycles. The minimum atomic E-state index is -4.76. The number of ether oxygens (including phenoxy) is 3. The monoisotopic (exact) mass is 376 g/mol. The lowest BCUT2D eigenvalue weighted by Gasteiger charge is -2.31. The summed E-state index contributed by atoms with van der Waals surface area (Å²) in [5, 5.41) is 2.60. The van der Waals surface area contributed by atoms with E-state index in [0.29, 0.717) is 25.4 Å². The topological polar surface area (TPSA) is 77.1 Å². The number of halogens is 3. The van der Waals surface area contributed by atoms with Gasteiger partial charge in [-0.3, -0.25) is 14.5 Å². The van der Waals surface area contributed by atoms with E-state index in [-0.39, 0.29) is 36.7 Å². The zero-order valence-electron chi connectivity index (χ0n) is 14.0. The average molecular weight is 376 g/mol. The summed E-state index contributed by atoms with van der Waals surface area (Å²) in [5.74, 6) is -1.08. The number of nitrogens with zero attached hydrogens (tertiary/aromatic N) is 1. The molecule has 0 aromatic heterocycles. The van der Waals surface area contributed by atoms with Crippen LogP contribution in [0, 0.1) is 0 Å². The highest BCUT2D eigenvalue weighted by Crippen LogP contribution is 2.24. The van der Waals surface area contributed by atoms with Crippen LogP contribution in [0.4, 0.5) is 18.9 Å². The maximum Gasteiger partial charge on any atom is 0.573 e. The average Bonchev–Trinajstić information content (AvgIpc) is 2.55. The van der Waals surface area contributed by atoms with Gasteiger partial charge in [0.05, 0.1) is 32.8 Å². The van der Waals surface area contributed by atoms with E-state index in [1.165, 1.54) is 19.2 Å². The second-order valence-electron chi connectivity index (χ2n) is 5.63. The highest BCUT2D eigenvalue weighted by molar-refractivity contribution is 5.92. The van der Waals surface area contributed by atoms with E-state index in [9.17, 15) is 22.8 Å². The number of hydrogen-bond donors (Lipinski definition) is 1. The molecule has 0 saturated carbocycles. The second-order valence-corrected chi connectivity index (χ2v) is 5.63. The number of alkyl halides is 3. The van der Waals surface area contributed by atoms with Crippen LogP contribution in [0.15, 0.2) is 24.3 Å². The van der Waals surface area contributed by atoms with Gasteiger partial charge < -0.3 is 19.5 Å². The molecule has 26 heavy (non-hydrogen) atoms. The van der Waals surface area contributed by atoms with Crippen LogP contribution in [-0.2, 0) is 19.1 Å². The van der Waals surface area contributed by atoms with Crippen LogP contribution in [0.3, 0.4) is 0 Å². The Hall–Kier alpha value is -2.33. The van der Waals surface area contributed by atoms with Gasteiger partial charge in [0.1, 0.15) is 5.75 Å². The van der Waals surface area contributed by atoms with E-state index >= 15 is 0 Å². The quantitative estimate of drug-likeness (QED) is 0.763. The molecule has 1 N–H and O–H groups in total. The Morgan fingerprint density at radius 3 is 2.62 bits per heavy atom. The van der Waals surface area contributed by atoms with Gasteiger partial charge in [0, 0.05) is 18.8 Å². The van der Waals surface area contributed by atoms with Crippen LogP contribution in [0.2, 0.25) is 0 Å². The largest absolute Gasteiger partial charge is 0.573 e. The maximum atomic E-state index is 12.1. The van der Waals surface area contributed by atoms with Crippen LogP contribution >= 0.6 is 0 Å². The van der Waals surface area contributed by atoms with Gasteiger partial charge in [0.2, 0.25) is 5.91 Å². The molecule has 1 atom stereocenters. The van der Waals surface area contributed by atoms with Crippen LogP contribution in [0.1, 0.15) is 6.42 Å². The lowest BCUT2D eigenvalue weighted by Crippen LogP contribution is -2.46. The maximum absolute atomic E-state index is 12.1. The lowest BCUT2D eigenvalue weighted by molar-refractivity contribution is -0.274. The Bertz CT molecular complexity index is 621. The van der Waals surface area contributed by atoms with Gasteiger partial charge in [0.15, 0.2) is 0 Å². The lowest BCUT2D eigenvalue weighted by atomic mass is 10.2. The number of hydrogen-bond acceptors (Lipinski definition) is 6. The Labute approximate surface area is 148 Å². The number of morpholine rings is 1. The van der Waals surface area contributed by atoms with E-state index in [1.807, 2.05) is 4.90 Å². The summed E-state index contributed by atoms with van der Waals surface area (Å²) >= 11 is 0. The third-order valence-electron chi connectivity index (χ3n) is 3.58. The van der Waals surface area contributed by atoms with Crippen molar-refractivity contribution in [2.45, 2.75) is 18.9 Å². The van der Waals surface area contributed by atoms with Crippen LogP contribution in [0.25, 0.3) is 0 Å². The molecule has 0 radical (unpaired) electrons. The fourth-order valence-electron chi connectivity index (χ4n) is 2.46. The van der Waals surface area contributed by atoms with Crippen molar-refractivity contribution in [3.05, 3.63) is 24.3 Å². The molecule has 1 unspecified atom stereocenters. The Morgan fingerprint density at radius 2 is 2.00 bits per heavy atom. The highest BCUT2D eigenvalue weighted by Gasteiger charge is 2.31. The van der Waals surface area contributed by atoms with Crippen molar-refractivity contribution in [3.8, 4) is 5.75 Å². The summed E-state index contributed by atoms with van der Waals surface area (Å²) in [6, 6.07) is 4.87. The van der Waals surface area contributed by atoms with Gasteiger partial charge in [-0.05, 0) is 24.3 Å². The number of nitrogens with one attached hydrogen (secondary N) is 1. The van der Waals surface area contributed by atoms with E-state index in [1.54, 1.807) is 0 Å². The van der Waals surface area contributed by atoms with Crippen molar-refractivity contribution in [1.82, 2.24) is 4.90 Å². The molecule has 0 bridgehead atoms. The Kier molecular flexibility index (Phi) is 6.81. The predicted octanol–water partition coefficient (Wildman–Crippen LogP) is 1.79. The van der Waals surface area contributed by atoms with Gasteiger partial charge in [-0.25, -0.2) is 0 Å². The molecule has 0 spiro atoms. The van der Waals surface area contributed by atoms with Crippen LogP contribution in [-0.4, -0.2) is 62.6 Å². The summed E-state index contributed by atoms with van der Waals surface area (Å²) in [7, 11) is 1.29. The molecular formula is C16H19F3N2O5. The number of benzene rings is 1. The zero-order valence-corrected chi connectivity index (χ0v) is 14.0. The van der Waals surface area contributed by atoms with Crippen molar-refractivity contribution >= 4 is 17.6 Å². The normalized spacial score (nSPS) is 18.2. The molecular weight excluding hydrogens is 357 g/mol. The Morgan fingerprint density at radius 1 is 1.31 bits per heavy atom. The van der Waals surface area contributed by atoms with Gasteiger partial charge >= 0.3 is 12.3 Å². The Balaban J connectivity index is 1.81. The van der Waals surface area contributed by atoms with Gasteiger partial charge in [-0.15, -0.1) is 13.2 Å². The molecule has 0 aliphatic carbocycles. The van der Waals surface area contributed by atoms with Gasteiger partial charge in [-0.1, -0.05) is 0 Å². The van der Waals surface area contributed by atoms with Crippen molar-refractivity contribution < 1.29 is 37.0 Å². The zero-order chi connectivity index (χ0) is 19.2. The van der Waals surface area contributed by atoms with Crippen molar-refractivity contribution in [2.24, 2.45) is 0 Å². The fraction of sp³-hybridized carbons (Fsp3) is 0.500. The minimum Gasteiger partial charge on any atom is -0.469 e. The standard InChI is InChI=1S/C16H19F3N2O5/c1-24-15(23)8-13-9-21(6-7-25-13)10-14(22)20-11-2-4-12(5-3-11)26-16(17,18)19/h2-5,13H,6-10H2,1H3,(H,20,22). The van der Waals surface area contributed by atoms with Crippen molar-refractivity contribution in [3.63, 3.8) is 0 Å². The number of anilines is 1. The summed E-state index contributed by atoms with van der Waals surface area (Å²) in [5.41, 5.74) is 0.351. The van der Waals surface area contributed by atoms with E-state index < -0.39 is 6.36 Å². The van der Waals surface area contributed by atoms with Crippen molar-refractivity contribution in [1.29, 1.82) is 0 Å². The number of carbonyl (C=O) groups is 2. The number of carbonyl (C=O) groups excluding carboxylic acids is 2. The third-order valence-corrected chi connectivity index (χ3v) is 3.58. The summed E-state index contributed by atoms with van der Waals surface area (Å²) < 4.78 is 50.1. The van der Waals surface area contributed by atoms with Gasteiger partial charge in [-0.2, -0.15) is 0 Å². The van der Waals surface area contributed by atoms with Crippen molar-refractivity contribution in [2.75, 3.05) is 38.7 Å². The molecule has 1 amide bonds. The van der Waals surface area contributed by atoms with E-state index in [4.69, 9.17) is 4.74 Å². The number of esters is 1. The molecule has 1 aliphatic rings. The third kappa shape index (κ3) is 6.89. The first-order valence-corrected chi connectivity index (χ1v) is 7.81. The van der Waals surface area contributed by atoms with E-state index in [2.05, 4.69) is 14.8 Å². The molecule has 10 heteroatoms. The molecule has 1 aromatic carbocycles. The van der Waals surface area contributed by atoms with Crippen LogP contribution < -0.4 is 10.1 Å². The number of methoxy groups -OCH3 is 1. The first kappa shape index (κ1) is 20.0. The minimum absolute atomic E-state index is 0.0713. The number of amides is 1. The molecule has 1 saturated heterocycles. The molecule has 1 fully saturated rings. The van der Waals surface area contributed by atoms with Gasteiger partial charge in [0.25, 0.3) is 0 Å². The molecule has 144 valence electrons. The highest BCUT2D eigenvalue weighted by atomic mass is 19.4. The number of rotatable bonds is 6. The second kappa shape index (κ2) is 8.86. The molecule has 1 aromatic rings. The summed E-state index contributed by atoms with van der Waals surface area (Å²) in [6.45, 7) is 1.39. The predicted molar refractivity (Wildman–Crippen MR) is 84.6 cm³/mol. The first-order valence-electron chi connectivity index (χ1n) is 7.81. The SMILES string of the molecule is COC(=O)CC1CN(CC(=O)Nc2ccc(OC(F)(F)F)cc2)CCO1. The summed E-state index contributed by atoms with van der Waals surface area (Å²) in [6.07, 6.45) is -5.00. The first-order chi connectivity index (χ1) is 12.2. The molecule has 7 nitrogen and oxygen atoms in total. The molecule has 2 rings (SSSR count). The van der Waals surface area contributed by atoms with Crippen LogP contribution in [0.5, 0.6) is 5.75 Å².